The van der Waals surface area contributed by atoms with Crippen molar-refractivity contribution in [2.45, 2.75) is 19.9 Å². The van der Waals surface area contributed by atoms with E-state index in [-0.39, 0.29) is 11.9 Å². The number of nitrogens with one attached hydrogen (secondary N) is 1. The highest BCUT2D eigenvalue weighted by molar-refractivity contribution is 5.52. The fourth-order valence-electron chi connectivity index (χ4n) is 1.61. The standard InChI is InChI=1S/C13H14FNO/c1-9-11(14)5-3-6-12(9)15-10(2)13-7-4-8-16-13/h3-8,10,15H,1-2H3. The maximum Gasteiger partial charge on any atom is 0.128 e. The molecule has 2 aromatic rings. The first kappa shape index (κ1) is 10.7. The molecule has 1 heterocycles. The van der Waals surface area contributed by atoms with E-state index in [4.69, 9.17) is 4.42 Å². The van der Waals surface area contributed by atoms with Crippen LogP contribution >= 0.6 is 0 Å². The minimum Gasteiger partial charge on any atom is -0.467 e. The molecule has 0 aliphatic rings. The largest absolute Gasteiger partial charge is 0.467 e. The number of furan rings is 1. The predicted molar refractivity (Wildman–Crippen MR) is 61.9 cm³/mol. The summed E-state index contributed by atoms with van der Waals surface area (Å²) < 4.78 is 18.6. The van der Waals surface area contributed by atoms with Crippen LogP contribution in [-0.2, 0) is 0 Å². The van der Waals surface area contributed by atoms with Crippen molar-refractivity contribution in [3.05, 3.63) is 53.7 Å². The van der Waals surface area contributed by atoms with Crippen LogP contribution in [-0.4, -0.2) is 0 Å². The van der Waals surface area contributed by atoms with Crippen LogP contribution in [0, 0.1) is 12.7 Å². The van der Waals surface area contributed by atoms with Gasteiger partial charge in [-0.2, -0.15) is 0 Å². The lowest BCUT2D eigenvalue weighted by Gasteiger charge is -2.15. The zero-order valence-electron chi connectivity index (χ0n) is 9.33. The quantitative estimate of drug-likeness (QED) is 0.846. The van der Waals surface area contributed by atoms with E-state index in [1.807, 2.05) is 25.1 Å². The van der Waals surface area contributed by atoms with Crippen molar-refractivity contribution in [1.29, 1.82) is 0 Å². The zero-order valence-corrected chi connectivity index (χ0v) is 9.33. The van der Waals surface area contributed by atoms with Gasteiger partial charge in [0.1, 0.15) is 11.6 Å². The highest BCUT2D eigenvalue weighted by Gasteiger charge is 2.10. The summed E-state index contributed by atoms with van der Waals surface area (Å²) in [4.78, 5) is 0. The predicted octanol–water partition coefficient (Wildman–Crippen LogP) is 3.90. The molecule has 0 spiro atoms. The van der Waals surface area contributed by atoms with Crippen LogP contribution in [0.25, 0.3) is 0 Å². The molecule has 0 saturated carbocycles. The summed E-state index contributed by atoms with van der Waals surface area (Å²) in [5, 5.41) is 3.22. The zero-order chi connectivity index (χ0) is 11.5. The molecular weight excluding hydrogens is 205 g/mol. The number of anilines is 1. The van der Waals surface area contributed by atoms with Crippen molar-refractivity contribution in [2.24, 2.45) is 0 Å². The Morgan fingerprint density at radius 3 is 2.75 bits per heavy atom. The average molecular weight is 219 g/mol. The lowest BCUT2D eigenvalue weighted by Crippen LogP contribution is -2.07. The molecule has 0 saturated heterocycles. The fraction of sp³-hybridized carbons (Fsp3) is 0.231. The van der Waals surface area contributed by atoms with Gasteiger partial charge in [0.25, 0.3) is 0 Å². The summed E-state index contributed by atoms with van der Waals surface area (Å²) in [7, 11) is 0. The van der Waals surface area contributed by atoms with Gasteiger partial charge in [-0.25, -0.2) is 4.39 Å². The number of halogens is 1. The molecule has 1 aromatic carbocycles. The van der Waals surface area contributed by atoms with E-state index < -0.39 is 0 Å². The molecule has 84 valence electrons. The topological polar surface area (TPSA) is 25.2 Å². The molecule has 0 fully saturated rings. The van der Waals surface area contributed by atoms with Crippen molar-refractivity contribution in [3.8, 4) is 0 Å². The smallest absolute Gasteiger partial charge is 0.128 e. The van der Waals surface area contributed by atoms with E-state index in [2.05, 4.69) is 5.32 Å². The van der Waals surface area contributed by atoms with Gasteiger partial charge in [0.15, 0.2) is 0 Å². The van der Waals surface area contributed by atoms with Gasteiger partial charge < -0.3 is 9.73 Å². The third-order valence-electron chi connectivity index (χ3n) is 2.61. The van der Waals surface area contributed by atoms with E-state index in [9.17, 15) is 4.39 Å². The summed E-state index contributed by atoms with van der Waals surface area (Å²) in [6.07, 6.45) is 1.63. The Bertz CT molecular complexity index is 465. The molecule has 16 heavy (non-hydrogen) atoms. The van der Waals surface area contributed by atoms with Crippen molar-refractivity contribution in [2.75, 3.05) is 5.32 Å². The van der Waals surface area contributed by atoms with Gasteiger partial charge in [0.05, 0.1) is 12.3 Å². The van der Waals surface area contributed by atoms with Crippen LogP contribution in [0.15, 0.2) is 41.0 Å². The lowest BCUT2D eigenvalue weighted by atomic mass is 10.1. The first-order chi connectivity index (χ1) is 7.68. The molecule has 0 aliphatic heterocycles. The molecule has 0 radical (unpaired) electrons. The van der Waals surface area contributed by atoms with Crippen molar-refractivity contribution in [3.63, 3.8) is 0 Å². The summed E-state index contributed by atoms with van der Waals surface area (Å²) in [6, 6.07) is 8.77. The van der Waals surface area contributed by atoms with Gasteiger partial charge in [-0.05, 0) is 38.1 Å². The van der Waals surface area contributed by atoms with Crippen molar-refractivity contribution < 1.29 is 8.81 Å². The number of rotatable bonds is 3. The van der Waals surface area contributed by atoms with Gasteiger partial charge in [-0.3, -0.25) is 0 Å². The van der Waals surface area contributed by atoms with Crippen LogP contribution in [0.3, 0.4) is 0 Å². The number of benzene rings is 1. The Morgan fingerprint density at radius 1 is 1.25 bits per heavy atom. The molecule has 1 unspecified atom stereocenters. The first-order valence-electron chi connectivity index (χ1n) is 5.23. The van der Waals surface area contributed by atoms with Gasteiger partial charge in [0.2, 0.25) is 0 Å². The molecule has 0 bridgehead atoms. The maximum absolute atomic E-state index is 13.3. The highest BCUT2D eigenvalue weighted by Crippen LogP contribution is 2.23. The average Bonchev–Trinajstić information content (AvgIpc) is 2.78. The third kappa shape index (κ3) is 2.08. The Morgan fingerprint density at radius 2 is 2.06 bits per heavy atom. The third-order valence-corrected chi connectivity index (χ3v) is 2.61. The van der Waals surface area contributed by atoms with Gasteiger partial charge in [-0.15, -0.1) is 0 Å². The van der Waals surface area contributed by atoms with Crippen molar-refractivity contribution >= 4 is 5.69 Å². The monoisotopic (exact) mass is 219 g/mol. The molecule has 0 amide bonds. The van der Waals surface area contributed by atoms with Crippen LogP contribution < -0.4 is 5.32 Å². The summed E-state index contributed by atoms with van der Waals surface area (Å²) in [5.41, 5.74) is 1.42. The second kappa shape index (κ2) is 4.39. The number of hydrogen-bond donors (Lipinski definition) is 1. The first-order valence-corrected chi connectivity index (χ1v) is 5.23. The van der Waals surface area contributed by atoms with Crippen LogP contribution in [0.1, 0.15) is 24.3 Å². The fourth-order valence-corrected chi connectivity index (χ4v) is 1.61. The SMILES string of the molecule is Cc1c(F)cccc1NC(C)c1ccco1. The highest BCUT2D eigenvalue weighted by atomic mass is 19.1. The molecule has 0 aliphatic carbocycles. The normalized spacial score (nSPS) is 12.4. The van der Waals surface area contributed by atoms with Crippen LogP contribution in [0.4, 0.5) is 10.1 Å². The molecule has 1 atom stereocenters. The maximum atomic E-state index is 13.3. The molecule has 3 heteroatoms. The Labute approximate surface area is 94.1 Å². The molecular formula is C13H14FNO. The number of hydrogen-bond acceptors (Lipinski definition) is 2. The molecule has 2 nitrogen and oxygen atoms in total. The Balaban J connectivity index is 2.18. The van der Waals surface area contributed by atoms with Gasteiger partial charge in [-0.1, -0.05) is 6.07 Å². The Hall–Kier alpha value is -1.77. The lowest BCUT2D eigenvalue weighted by molar-refractivity contribution is 0.490. The van der Waals surface area contributed by atoms with E-state index in [0.717, 1.165) is 11.4 Å². The van der Waals surface area contributed by atoms with E-state index in [1.54, 1.807) is 19.3 Å². The summed E-state index contributed by atoms with van der Waals surface area (Å²) >= 11 is 0. The van der Waals surface area contributed by atoms with E-state index in [1.165, 1.54) is 6.07 Å². The van der Waals surface area contributed by atoms with E-state index >= 15 is 0 Å². The minimum atomic E-state index is -0.198. The second-order valence-corrected chi connectivity index (χ2v) is 3.79. The summed E-state index contributed by atoms with van der Waals surface area (Å²) in [5.74, 6) is 0.639. The second-order valence-electron chi connectivity index (χ2n) is 3.79. The molecule has 1 N–H and O–H groups in total. The minimum absolute atomic E-state index is 0.0236. The van der Waals surface area contributed by atoms with Gasteiger partial charge in [0, 0.05) is 11.3 Å². The molecule has 1 aromatic heterocycles. The summed E-state index contributed by atoms with van der Waals surface area (Å²) in [6.45, 7) is 3.73. The van der Waals surface area contributed by atoms with Crippen LogP contribution in [0.2, 0.25) is 0 Å². The Kier molecular flexibility index (Phi) is 2.95. The van der Waals surface area contributed by atoms with Crippen LogP contribution in [0.5, 0.6) is 0 Å². The van der Waals surface area contributed by atoms with E-state index in [0.29, 0.717) is 5.56 Å². The van der Waals surface area contributed by atoms with Crippen molar-refractivity contribution in [1.82, 2.24) is 0 Å². The van der Waals surface area contributed by atoms with Gasteiger partial charge >= 0.3 is 0 Å². The molecule has 2 rings (SSSR count).